The van der Waals surface area contributed by atoms with Crippen LogP contribution in [0.5, 0.6) is 0 Å². The Balaban J connectivity index is 2.91. The molecule has 0 saturated carbocycles. The van der Waals surface area contributed by atoms with E-state index in [1.165, 1.54) is 20.8 Å². The Labute approximate surface area is 137 Å². The highest BCUT2D eigenvalue weighted by Gasteiger charge is 2.51. The van der Waals surface area contributed by atoms with Crippen LogP contribution in [0.1, 0.15) is 45.6 Å². The van der Waals surface area contributed by atoms with E-state index in [1.807, 2.05) is 37.3 Å². The summed E-state index contributed by atoms with van der Waals surface area (Å²) in [6.07, 6.45) is 0.546. The molecule has 126 valence electrons. The predicted molar refractivity (Wildman–Crippen MR) is 85.3 cm³/mol. The zero-order chi connectivity index (χ0) is 17.5. The number of rotatable bonds is 7. The van der Waals surface area contributed by atoms with Crippen LogP contribution in [0, 0.1) is 0 Å². The molecule has 0 bridgehead atoms. The summed E-state index contributed by atoms with van der Waals surface area (Å²) in [7, 11) is -3.73. The van der Waals surface area contributed by atoms with Crippen LogP contribution in [0.25, 0.3) is 0 Å². The first kappa shape index (κ1) is 18.9. The average Bonchev–Trinajstić information content (AvgIpc) is 2.43. The molecule has 6 nitrogen and oxygen atoms in total. The maximum atomic E-state index is 11.4. The summed E-state index contributed by atoms with van der Waals surface area (Å²) in [4.78, 5) is 34.1. The zero-order valence-corrected chi connectivity index (χ0v) is 14.8. The molecule has 1 unspecified atom stereocenters. The fraction of sp³-hybridized carbons (Fsp3) is 0.438. The number of hydrogen-bond acceptors (Lipinski definition) is 6. The minimum absolute atomic E-state index is 0.129. The Morgan fingerprint density at radius 3 is 1.74 bits per heavy atom. The van der Waals surface area contributed by atoms with E-state index >= 15 is 0 Å². The van der Waals surface area contributed by atoms with Gasteiger partial charge in [-0.15, -0.1) is 0 Å². The van der Waals surface area contributed by atoms with Crippen LogP contribution in [0.15, 0.2) is 30.3 Å². The maximum Gasteiger partial charge on any atom is 0.705 e. The monoisotopic (exact) mass is 338 g/mol. The molecule has 23 heavy (non-hydrogen) atoms. The molecule has 0 fully saturated rings. The molecule has 0 N–H and O–H groups in total. The van der Waals surface area contributed by atoms with Gasteiger partial charge in [0.25, 0.3) is 17.9 Å². The Bertz CT molecular complexity index is 516. The lowest BCUT2D eigenvalue weighted by molar-refractivity contribution is -0.147. The second kappa shape index (κ2) is 8.47. The average molecular weight is 338 g/mol. The van der Waals surface area contributed by atoms with E-state index < -0.39 is 26.7 Å². The van der Waals surface area contributed by atoms with Crippen molar-refractivity contribution in [2.45, 2.75) is 46.1 Å². The largest absolute Gasteiger partial charge is 0.705 e. The molecular formula is C16H22O6Si. The highest BCUT2D eigenvalue weighted by molar-refractivity contribution is 6.65. The predicted octanol–water partition coefficient (Wildman–Crippen LogP) is 2.81. The molecule has 0 heterocycles. The van der Waals surface area contributed by atoms with Gasteiger partial charge >= 0.3 is 8.80 Å². The normalized spacial score (nSPS) is 12.2. The molecule has 1 aromatic carbocycles. The third-order valence-corrected chi connectivity index (χ3v) is 5.85. The van der Waals surface area contributed by atoms with Crippen LogP contribution >= 0.6 is 0 Å². The molecule has 0 aliphatic heterocycles. The lowest BCUT2D eigenvalue weighted by Gasteiger charge is -2.27. The molecule has 0 aliphatic carbocycles. The second-order valence-corrected chi connectivity index (χ2v) is 7.79. The fourth-order valence-corrected chi connectivity index (χ4v) is 4.75. The van der Waals surface area contributed by atoms with E-state index in [4.69, 9.17) is 13.3 Å². The topological polar surface area (TPSA) is 78.9 Å². The summed E-state index contributed by atoms with van der Waals surface area (Å²) in [6, 6.07) is 9.93. The lowest BCUT2D eigenvalue weighted by Crippen LogP contribution is -2.49. The lowest BCUT2D eigenvalue weighted by atomic mass is 9.99. The van der Waals surface area contributed by atoms with Crippen molar-refractivity contribution in [3.8, 4) is 0 Å². The summed E-state index contributed by atoms with van der Waals surface area (Å²) in [6.45, 7) is 5.57. The number of benzene rings is 1. The van der Waals surface area contributed by atoms with Crippen LogP contribution in [-0.2, 0) is 27.7 Å². The highest BCUT2D eigenvalue weighted by atomic mass is 28.4. The van der Waals surface area contributed by atoms with Crippen molar-refractivity contribution < 1.29 is 27.7 Å². The van der Waals surface area contributed by atoms with E-state index in [1.54, 1.807) is 0 Å². The van der Waals surface area contributed by atoms with Crippen molar-refractivity contribution in [3.63, 3.8) is 0 Å². The summed E-state index contributed by atoms with van der Waals surface area (Å²) >= 11 is 0. The van der Waals surface area contributed by atoms with E-state index in [9.17, 15) is 14.4 Å². The van der Waals surface area contributed by atoms with Crippen LogP contribution in [0.2, 0.25) is 6.04 Å². The molecule has 0 radical (unpaired) electrons. The van der Waals surface area contributed by atoms with E-state index in [0.29, 0.717) is 6.42 Å². The molecule has 7 heteroatoms. The van der Waals surface area contributed by atoms with Gasteiger partial charge in [0.05, 0.1) is 6.04 Å². The van der Waals surface area contributed by atoms with Crippen LogP contribution in [0.3, 0.4) is 0 Å². The van der Waals surface area contributed by atoms with Crippen molar-refractivity contribution >= 4 is 26.7 Å². The number of carbonyl (C=O) groups excluding carboxylic acids is 3. The van der Waals surface area contributed by atoms with E-state index in [0.717, 1.165) is 5.56 Å². The third-order valence-electron chi connectivity index (χ3n) is 3.15. The van der Waals surface area contributed by atoms with Crippen molar-refractivity contribution in [2.24, 2.45) is 0 Å². The molecule has 0 aromatic heterocycles. The Morgan fingerprint density at radius 1 is 0.913 bits per heavy atom. The van der Waals surface area contributed by atoms with Crippen molar-refractivity contribution in [1.29, 1.82) is 0 Å². The standard InChI is InChI=1S/C16H22O6Si/c1-12(16-8-6-5-7-9-16)10-11-23(20-13(2)17,21-14(3)18)22-15(4)19/h5-9,12H,10-11H2,1-4H3. The molecule has 1 aromatic rings. The van der Waals surface area contributed by atoms with Gasteiger partial charge in [-0.25, -0.2) is 0 Å². The summed E-state index contributed by atoms with van der Waals surface area (Å²) in [5, 5.41) is 0. The Morgan fingerprint density at radius 2 is 1.35 bits per heavy atom. The van der Waals surface area contributed by atoms with Crippen molar-refractivity contribution in [1.82, 2.24) is 0 Å². The molecule has 1 rings (SSSR count). The molecule has 0 aliphatic rings. The number of hydrogen-bond donors (Lipinski definition) is 0. The van der Waals surface area contributed by atoms with Crippen LogP contribution in [0.4, 0.5) is 0 Å². The van der Waals surface area contributed by atoms with Crippen molar-refractivity contribution in [3.05, 3.63) is 35.9 Å². The number of carbonyl (C=O) groups is 3. The van der Waals surface area contributed by atoms with Crippen LogP contribution in [-0.4, -0.2) is 26.7 Å². The van der Waals surface area contributed by atoms with E-state index in [-0.39, 0.29) is 12.0 Å². The first-order valence-electron chi connectivity index (χ1n) is 7.38. The second-order valence-electron chi connectivity index (χ2n) is 5.31. The Hall–Kier alpha value is -2.15. The summed E-state index contributed by atoms with van der Waals surface area (Å²) < 4.78 is 15.5. The Kier molecular flexibility index (Phi) is 6.96. The van der Waals surface area contributed by atoms with Gasteiger partial charge in [0.1, 0.15) is 0 Å². The summed E-state index contributed by atoms with van der Waals surface area (Å²) in [5.74, 6) is -1.81. The first-order chi connectivity index (χ1) is 10.7. The van der Waals surface area contributed by atoms with Crippen LogP contribution < -0.4 is 0 Å². The minimum Gasteiger partial charge on any atom is -0.455 e. The van der Waals surface area contributed by atoms with Gasteiger partial charge in [-0.1, -0.05) is 37.3 Å². The van der Waals surface area contributed by atoms with Gasteiger partial charge in [-0.2, -0.15) is 0 Å². The zero-order valence-electron chi connectivity index (χ0n) is 13.8. The van der Waals surface area contributed by atoms with Gasteiger partial charge < -0.3 is 13.3 Å². The SMILES string of the molecule is CC(=O)O[Si](CCC(C)c1ccccc1)(OC(C)=O)OC(C)=O. The quantitative estimate of drug-likeness (QED) is 0.711. The molecule has 0 spiro atoms. The van der Waals surface area contributed by atoms with E-state index in [2.05, 4.69) is 0 Å². The maximum absolute atomic E-state index is 11.4. The van der Waals surface area contributed by atoms with Crippen molar-refractivity contribution in [2.75, 3.05) is 0 Å². The van der Waals surface area contributed by atoms with Gasteiger partial charge in [-0.05, 0) is 17.9 Å². The third kappa shape index (κ3) is 6.64. The molecule has 0 amide bonds. The highest BCUT2D eigenvalue weighted by Crippen LogP contribution is 2.27. The summed E-state index contributed by atoms with van der Waals surface area (Å²) in [5.41, 5.74) is 1.10. The molecular weight excluding hydrogens is 316 g/mol. The smallest absolute Gasteiger partial charge is 0.455 e. The fourth-order valence-electron chi connectivity index (χ4n) is 2.21. The minimum atomic E-state index is -3.73. The van der Waals surface area contributed by atoms with Gasteiger partial charge in [0.2, 0.25) is 0 Å². The van der Waals surface area contributed by atoms with Gasteiger partial charge in [0, 0.05) is 20.8 Å². The molecule has 0 saturated heterocycles. The first-order valence-corrected chi connectivity index (χ1v) is 9.31. The molecule has 1 atom stereocenters. The van der Waals surface area contributed by atoms with Gasteiger partial charge in [0.15, 0.2) is 0 Å². The van der Waals surface area contributed by atoms with Gasteiger partial charge in [-0.3, -0.25) is 14.4 Å².